The minimum atomic E-state index is -0.726. The molecule has 0 aromatic heterocycles. The molecule has 2 aliphatic heterocycles. The lowest BCUT2D eigenvalue weighted by atomic mass is 9.76. The molecule has 154 valence electrons. The van der Waals surface area contributed by atoms with Crippen molar-refractivity contribution < 1.29 is 19.7 Å². The molecule has 2 bridgehead atoms. The second-order valence-corrected chi connectivity index (χ2v) is 8.95. The van der Waals surface area contributed by atoms with Crippen molar-refractivity contribution in [2.24, 2.45) is 17.3 Å². The quantitative estimate of drug-likeness (QED) is 0.366. The zero-order chi connectivity index (χ0) is 19.9. The fourth-order valence-electron chi connectivity index (χ4n) is 4.40. The summed E-state index contributed by atoms with van der Waals surface area (Å²) in [7, 11) is 0. The molecular formula is C23H38O4. The first-order chi connectivity index (χ1) is 12.8. The third-order valence-corrected chi connectivity index (χ3v) is 6.31. The average Bonchev–Trinajstić information content (AvgIpc) is 3.22. The normalized spacial score (nSPS) is 29.2. The van der Waals surface area contributed by atoms with Gasteiger partial charge in [-0.3, -0.25) is 4.79 Å². The number of unbranched alkanes of at least 4 members (excludes halogenated alkanes) is 2. The second kappa shape index (κ2) is 10.4. The lowest BCUT2D eigenvalue weighted by molar-refractivity contribution is -0.137. The van der Waals surface area contributed by atoms with Gasteiger partial charge in [-0.2, -0.15) is 0 Å². The number of carbonyl (C=O) groups is 1. The molecule has 27 heavy (non-hydrogen) atoms. The number of hydrogen-bond acceptors (Lipinski definition) is 3. The van der Waals surface area contributed by atoms with Crippen LogP contribution in [0.2, 0.25) is 0 Å². The van der Waals surface area contributed by atoms with Crippen molar-refractivity contribution in [3.05, 3.63) is 24.3 Å². The van der Waals surface area contributed by atoms with Crippen LogP contribution in [-0.4, -0.2) is 34.5 Å². The zero-order valence-electron chi connectivity index (χ0n) is 17.3. The van der Waals surface area contributed by atoms with Crippen LogP contribution < -0.4 is 0 Å². The molecule has 2 aliphatic rings. The maximum Gasteiger partial charge on any atom is 0.303 e. The van der Waals surface area contributed by atoms with E-state index in [1.165, 1.54) is 0 Å². The SMILES string of the molecule is CCCCC(C)(C)C(O)/C=C/C1C2CCC(O2)C1C/C=C/CCCC(=O)O. The van der Waals surface area contributed by atoms with E-state index in [1.807, 2.05) is 6.08 Å². The first-order valence-corrected chi connectivity index (χ1v) is 10.7. The van der Waals surface area contributed by atoms with Crippen molar-refractivity contribution in [1.29, 1.82) is 0 Å². The molecule has 0 amide bonds. The number of fused-ring (bicyclic) bond motifs is 2. The Bertz CT molecular complexity index is 522. The topological polar surface area (TPSA) is 66.8 Å². The standard InChI is InChI=1S/C23H38O4/c1-4-5-16-23(2,3)21(24)15-12-18-17(19-13-14-20(18)27-19)10-8-6-7-9-11-22(25)26/h6,8,12,15,17-21,24H,4-5,7,9-11,13-14,16H2,1-3H3,(H,25,26)/b8-6+,15-12+. The summed E-state index contributed by atoms with van der Waals surface area (Å²) in [5.41, 5.74) is -0.0927. The minimum absolute atomic E-state index is 0.0927. The summed E-state index contributed by atoms with van der Waals surface area (Å²) in [4.78, 5) is 10.6. The molecular weight excluding hydrogens is 340 g/mol. The first kappa shape index (κ1) is 22.2. The fraction of sp³-hybridized carbons (Fsp3) is 0.783. The van der Waals surface area contributed by atoms with Crippen LogP contribution in [0.5, 0.6) is 0 Å². The highest BCUT2D eigenvalue weighted by Gasteiger charge is 2.47. The molecule has 4 nitrogen and oxygen atoms in total. The van der Waals surface area contributed by atoms with E-state index >= 15 is 0 Å². The van der Waals surface area contributed by atoms with Gasteiger partial charge in [-0.15, -0.1) is 0 Å². The Morgan fingerprint density at radius 3 is 2.67 bits per heavy atom. The maximum atomic E-state index is 10.6. The molecule has 5 atom stereocenters. The summed E-state index contributed by atoms with van der Waals surface area (Å²) in [5, 5.41) is 19.3. The van der Waals surface area contributed by atoms with Crippen LogP contribution in [0.4, 0.5) is 0 Å². The Hall–Kier alpha value is -1.13. The zero-order valence-corrected chi connectivity index (χ0v) is 17.3. The van der Waals surface area contributed by atoms with Crippen molar-refractivity contribution in [3.63, 3.8) is 0 Å². The number of carboxylic acids is 1. The molecule has 0 saturated carbocycles. The molecule has 0 spiro atoms. The van der Waals surface area contributed by atoms with Crippen molar-refractivity contribution >= 4 is 5.97 Å². The number of carboxylic acid groups (broad SMARTS) is 1. The lowest BCUT2D eigenvalue weighted by Gasteiger charge is -2.30. The maximum absolute atomic E-state index is 10.6. The van der Waals surface area contributed by atoms with Crippen LogP contribution in [0.3, 0.4) is 0 Å². The number of allylic oxidation sites excluding steroid dienone is 2. The van der Waals surface area contributed by atoms with Gasteiger partial charge in [0.15, 0.2) is 0 Å². The van der Waals surface area contributed by atoms with Crippen molar-refractivity contribution in [2.75, 3.05) is 0 Å². The van der Waals surface area contributed by atoms with E-state index in [1.54, 1.807) is 0 Å². The number of hydrogen-bond donors (Lipinski definition) is 2. The predicted octanol–water partition coefficient (Wildman–Crippen LogP) is 5.11. The second-order valence-electron chi connectivity index (χ2n) is 8.95. The van der Waals surface area contributed by atoms with E-state index in [0.717, 1.165) is 44.9 Å². The van der Waals surface area contributed by atoms with Gasteiger partial charge in [-0.1, -0.05) is 57.9 Å². The van der Waals surface area contributed by atoms with Crippen LogP contribution in [0.15, 0.2) is 24.3 Å². The highest BCUT2D eigenvalue weighted by atomic mass is 16.5. The summed E-state index contributed by atoms with van der Waals surface area (Å²) in [6.45, 7) is 6.48. The van der Waals surface area contributed by atoms with Gasteiger partial charge < -0.3 is 14.9 Å². The Morgan fingerprint density at radius 1 is 1.22 bits per heavy atom. The third-order valence-electron chi connectivity index (χ3n) is 6.31. The van der Waals surface area contributed by atoms with E-state index in [2.05, 4.69) is 39.0 Å². The van der Waals surface area contributed by atoms with Gasteiger partial charge >= 0.3 is 5.97 Å². The fourth-order valence-corrected chi connectivity index (χ4v) is 4.40. The third kappa shape index (κ3) is 6.46. The molecule has 2 N–H and O–H groups in total. The van der Waals surface area contributed by atoms with Crippen LogP contribution in [0.25, 0.3) is 0 Å². The lowest BCUT2D eigenvalue weighted by Crippen LogP contribution is -2.29. The van der Waals surface area contributed by atoms with Gasteiger partial charge in [0.25, 0.3) is 0 Å². The number of aliphatic carboxylic acids is 1. The molecule has 2 heterocycles. The summed E-state index contributed by atoms with van der Waals surface area (Å²) in [5.74, 6) is 0.126. The van der Waals surface area contributed by atoms with E-state index in [9.17, 15) is 9.90 Å². The molecule has 2 fully saturated rings. The van der Waals surface area contributed by atoms with Crippen LogP contribution in [-0.2, 0) is 9.53 Å². The van der Waals surface area contributed by atoms with Gasteiger partial charge in [0.1, 0.15) is 0 Å². The molecule has 0 radical (unpaired) electrons. The van der Waals surface area contributed by atoms with Crippen LogP contribution in [0.1, 0.15) is 78.6 Å². The van der Waals surface area contributed by atoms with Gasteiger partial charge in [0.2, 0.25) is 0 Å². The summed E-state index contributed by atoms with van der Waals surface area (Å²) >= 11 is 0. The molecule has 2 rings (SSSR count). The Kier molecular flexibility index (Phi) is 8.56. The summed E-state index contributed by atoms with van der Waals surface area (Å²) in [6, 6.07) is 0. The monoisotopic (exact) mass is 378 g/mol. The number of ether oxygens (including phenoxy) is 1. The molecule has 4 heteroatoms. The van der Waals surface area contributed by atoms with Gasteiger partial charge in [0.05, 0.1) is 18.3 Å². The first-order valence-electron chi connectivity index (χ1n) is 10.7. The van der Waals surface area contributed by atoms with E-state index < -0.39 is 12.1 Å². The molecule has 2 saturated heterocycles. The molecule has 5 unspecified atom stereocenters. The van der Waals surface area contributed by atoms with Crippen molar-refractivity contribution in [2.45, 2.75) is 96.9 Å². The van der Waals surface area contributed by atoms with E-state index in [0.29, 0.717) is 30.5 Å². The van der Waals surface area contributed by atoms with Crippen molar-refractivity contribution in [3.8, 4) is 0 Å². The molecule has 0 aromatic carbocycles. The predicted molar refractivity (Wildman–Crippen MR) is 109 cm³/mol. The highest BCUT2D eigenvalue weighted by Crippen LogP contribution is 2.46. The van der Waals surface area contributed by atoms with E-state index in [-0.39, 0.29) is 11.8 Å². The summed E-state index contributed by atoms with van der Waals surface area (Å²) < 4.78 is 6.15. The van der Waals surface area contributed by atoms with Gasteiger partial charge in [-0.25, -0.2) is 0 Å². The smallest absolute Gasteiger partial charge is 0.303 e. The minimum Gasteiger partial charge on any atom is -0.481 e. The van der Waals surface area contributed by atoms with Crippen LogP contribution >= 0.6 is 0 Å². The van der Waals surface area contributed by atoms with Crippen molar-refractivity contribution in [1.82, 2.24) is 0 Å². The average molecular weight is 379 g/mol. The number of aliphatic hydroxyl groups is 1. The number of rotatable bonds is 12. The number of aliphatic hydroxyl groups excluding tert-OH is 1. The highest BCUT2D eigenvalue weighted by molar-refractivity contribution is 5.66. The Labute approximate surface area is 164 Å². The van der Waals surface area contributed by atoms with Gasteiger partial charge in [-0.05, 0) is 49.9 Å². The molecule has 0 aliphatic carbocycles. The van der Waals surface area contributed by atoms with Crippen LogP contribution in [0, 0.1) is 17.3 Å². The Balaban J connectivity index is 1.88. The molecule has 0 aromatic rings. The van der Waals surface area contributed by atoms with E-state index in [4.69, 9.17) is 9.84 Å². The largest absolute Gasteiger partial charge is 0.481 e. The van der Waals surface area contributed by atoms with Gasteiger partial charge in [0, 0.05) is 12.3 Å². The summed E-state index contributed by atoms with van der Waals surface area (Å²) in [6.07, 6.45) is 17.0. The Morgan fingerprint density at radius 2 is 1.96 bits per heavy atom.